The van der Waals surface area contributed by atoms with E-state index in [-0.39, 0.29) is 19.1 Å². The number of carboxylic acid groups (broad SMARTS) is 1. The molecular weight excluding hydrogens is 703 g/mol. The van der Waals surface area contributed by atoms with E-state index < -0.39 is 61.6 Å². The van der Waals surface area contributed by atoms with Gasteiger partial charge in [0.15, 0.2) is 0 Å². The number of hydrogen-bond donors (Lipinski definition) is 6. The number of ether oxygens (including phenoxy) is 2. The first-order chi connectivity index (χ1) is 24.4. The summed E-state index contributed by atoms with van der Waals surface area (Å²) in [5.41, 5.74) is 4.02. The minimum absolute atomic E-state index is 0.0508. The molecule has 2 fully saturated rings. The normalized spacial score (nSPS) is 17.3. The Labute approximate surface area is 306 Å². The molecule has 4 unspecified atom stereocenters. The molecule has 5 rings (SSSR count). The first-order valence-corrected chi connectivity index (χ1v) is 17.8. The first kappa shape index (κ1) is 38.9. The van der Waals surface area contributed by atoms with Crippen LogP contribution in [-0.4, -0.2) is 103 Å². The highest BCUT2D eigenvalue weighted by Crippen LogP contribution is 2.53. The number of halogens is 2. The van der Waals surface area contributed by atoms with Gasteiger partial charge in [-0.3, -0.25) is 14.6 Å². The minimum atomic E-state index is -1.92. The third kappa shape index (κ3) is 10.2. The second-order valence-electron chi connectivity index (χ2n) is 13.2. The summed E-state index contributed by atoms with van der Waals surface area (Å²) < 4.78 is 12.8. The Bertz CT molecular complexity index is 1670. The van der Waals surface area contributed by atoms with E-state index in [0.717, 1.165) is 64.1 Å². The lowest BCUT2D eigenvalue weighted by atomic mass is 9.96. The molecule has 0 saturated heterocycles. The van der Waals surface area contributed by atoms with Crippen LogP contribution in [0.3, 0.4) is 0 Å². The molecule has 2 aliphatic rings. The predicted molar refractivity (Wildman–Crippen MR) is 188 cm³/mol. The van der Waals surface area contributed by atoms with E-state index in [9.17, 15) is 35.1 Å². The van der Waals surface area contributed by atoms with Crippen LogP contribution in [0.15, 0.2) is 54.9 Å². The second-order valence-corrected chi connectivity index (χ2v) is 14.0. The summed E-state index contributed by atoms with van der Waals surface area (Å²) in [4.78, 5) is 29.5. The van der Waals surface area contributed by atoms with Crippen molar-refractivity contribution in [3.8, 4) is 16.9 Å². The standard InChI is InChI=1S/C37H44Cl2N2O10/c38-28-16-23(21-50-37(12-13-37)27-17-40-14-11-25(27)26-6-2-3-7-32(26)51-24-9-10-24)29(39)15-22(28)5-1-4-8-33(45)41(19-34(46)47)18-30(43)35(48)36(49)31(44)20-42/h2-3,6-7,11,14-17,24,30-31,35-36,42-44,48-49H,1,4-5,8-10,12-13,18-21H2,(H,46,47). The lowest BCUT2D eigenvalue weighted by Gasteiger charge is -2.29. The van der Waals surface area contributed by atoms with Crippen LogP contribution < -0.4 is 4.74 Å². The number of nitrogens with zero attached hydrogens (tertiary/aromatic N) is 2. The Kier molecular flexibility index (Phi) is 13.3. The molecule has 1 heterocycles. The molecule has 1 aromatic heterocycles. The van der Waals surface area contributed by atoms with Gasteiger partial charge in [0.2, 0.25) is 5.91 Å². The van der Waals surface area contributed by atoms with E-state index in [4.69, 9.17) is 37.8 Å². The lowest BCUT2D eigenvalue weighted by molar-refractivity contribution is -0.149. The molecule has 0 spiro atoms. The van der Waals surface area contributed by atoms with Gasteiger partial charge in [0.1, 0.15) is 36.7 Å². The molecular formula is C37H44Cl2N2O10. The molecule has 0 radical (unpaired) electrons. The molecule has 276 valence electrons. The third-order valence-corrected chi connectivity index (χ3v) is 9.93. The van der Waals surface area contributed by atoms with E-state index in [2.05, 4.69) is 11.1 Å². The number of aliphatic carboxylic acids is 1. The minimum Gasteiger partial charge on any atom is -0.490 e. The average molecular weight is 748 g/mol. The first-order valence-electron chi connectivity index (χ1n) is 17.1. The van der Waals surface area contributed by atoms with Crippen molar-refractivity contribution >= 4 is 35.1 Å². The molecule has 4 atom stereocenters. The van der Waals surface area contributed by atoms with Crippen molar-refractivity contribution in [1.82, 2.24) is 9.88 Å². The Hall–Kier alpha value is -3.33. The molecule has 0 aliphatic heterocycles. The van der Waals surface area contributed by atoms with Crippen molar-refractivity contribution in [2.75, 3.05) is 19.7 Å². The molecule has 12 nitrogen and oxygen atoms in total. The largest absolute Gasteiger partial charge is 0.490 e. The smallest absolute Gasteiger partial charge is 0.323 e. The molecule has 2 saturated carbocycles. The van der Waals surface area contributed by atoms with Crippen molar-refractivity contribution in [3.63, 3.8) is 0 Å². The van der Waals surface area contributed by atoms with Crippen LogP contribution in [0, 0.1) is 0 Å². The van der Waals surface area contributed by atoms with Crippen molar-refractivity contribution in [1.29, 1.82) is 0 Å². The van der Waals surface area contributed by atoms with Gasteiger partial charge in [0, 0.05) is 46.5 Å². The number of carboxylic acids is 1. The molecule has 1 amide bonds. The van der Waals surface area contributed by atoms with E-state index in [0.29, 0.717) is 29.3 Å². The Morgan fingerprint density at radius 3 is 2.31 bits per heavy atom. The number of aryl methyl sites for hydroxylation is 1. The number of benzene rings is 2. The second kappa shape index (κ2) is 17.5. The zero-order valence-electron chi connectivity index (χ0n) is 28.0. The van der Waals surface area contributed by atoms with Crippen LogP contribution in [0.4, 0.5) is 0 Å². The number of aliphatic hydroxyl groups is 5. The van der Waals surface area contributed by atoms with Crippen LogP contribution in [0.5, 0.6) is 5.75 Å². The predicted octanol–water partition coefficient (Wildman–Crippen LogP) is 3.86. The van der Waals surface area contributed by atoms with Gasteiger partial charge in [-0.25, -0.2) is 0 Å². The number of aromatic nitrogens is 1. The van der Waals surface area contributed by atoms with Gasteiger partial charge in [-0.15, -0.1) is 0 Å². The fourth-order valence-corrected chi connectivity index (χ4v) is 6.49. The van der Waals surface area contributed by atoms with Gasteiger partial charge in [-0.05, 0) is 85.9 Å². The summed E-state index contributed by atoms with van der Waals surface area (Å²) >= 11 is 13.4. The molecule has 14 heteroatoms. The number of para-hydroxylation sites is 1. The van der Waals surface area contributed by atoms with Crippen LogP contribution in [0.25, 0.3) is 11.1 Å². The van der Waals surface area contributed by atoms with Crippen LogP contribution >= 0.6 is 23.2 Å². The molecule has 2 aliphatic carbocycles. The maximum Gasteiger partial charge on any atom is 0.323 e. The number of amides is 1. The molecule has 51 heavy (non-hydrogen) atoms. The maximum atomic E-state index is 12.8. The summed E-state index contributed by atoms with van der Waals surface area (Å²) in [6, 6.07) is 13.6. The quantitative estimate of drug-likeness (QED) is 0.0921. The Morgan fingerprint density at radius 2 is 1.63 bits per heavy atom. The fraction of sp³-hybridized carbons (Fsp3) is 0.486. The molecule has 3 aromatic rings. The summed E-state index contributed by atoms with van der Waals surface area (Å²) in [5, 5.41) is 58.9. The number of rotatable bonds is 20. The number of carbonyl (C=O) groups is 2. The lowest BCUT2D eigenvalue weighted by Crippen LogP contribution is -2.51. The zero-order valence-corrected chi connectivity index (χ0v) is 29.5. The SMILES string of the molecule is O=C(O)CN(CC(O)C(O)C(O)C(O)CO)C(=O)CCCCc1cc(Cl)c(COC2(c3cnccc3-c3ccccc3OC3CC3)CC2)cc1Cl. The summed E-state index contributed by atoms with van der Waals surface area (Å²) in [7, 11) is 0. The highest BCUT2D eigenvalue weighted by Gasteiger charge is 2.48. The number of unbranched alkanes of at least 4 members (excludes halogenated alkanes) is 1. The van der Waals surface area contributed by atoms with Gasteiger partial charge in [-0.1, -0.05) is 41.4 Å². The number of aliphatic hydroxyl groups excluding tert-OH is 5. The topological polar surface area (TPSA) is 190 Å². The molecule has 0 bridgehead atoms. The van der Waals surface area contributed by atoms with E-state index in [1.807, 2.05) is 30.5 Å². The van der Waals surface area contributed by atoms with Gasteiger partial charge < -0.3 is 45.0 Å². The van der Waals surface area contributed by atoms with E-state index in [1.54, 1.807) is 18.3 Å². The Balaban J connectivity index is 1.16. The number of hydrogen-bond acceptors (Lipinski definition) is 10. The third-order valence-electron chi connectivity index (χ3n) is 9.23. The van der Waals surface area contributed by atoms with Gasteiger partial charge in [0.05, 0.1) is 24.9 Å². The van der Waals surface area contributed by atoms with Crippen molar-refractivity contribution in [2.45, 2.75) is 94.1 Å². The monoisotopic (exact) mass is 746 g/mol. The number of pyridine rings is 1. The van der Waals surface area contributed by atoms with Gasteiger partial charge >= 0.3 is 5.97 Å². The summed E-state index contributed by atoms with van der Waals surface area (Å²) in [6.45, 7) is -1.97. The van der Waals surface area contributed by atoms with E-state index >= 15 is 0 Å². The molecule has 2 aromatic carbocycles. The van der Waals surface area contributed by atoms with E-state index in [1.165, 1.54) is 0 Å². The highest BCUT2D eigenvalue weighted by molar-refractivity contribution is 6.34. The fourth-order valence-electron chi connectivity index (χ4n) is 5.97. The molecule has 6 N–H and O–H groups in total. The summed E-state index contributed by atoms with van der Waals surface area (Å²) in [5.74, 6) is -1.06. The zero-order chi connectivity index (χ0) is 36.7. The average Bonchev–Trinajstić information content (AvgIpc) is 4.07. The van der Waals surface area contributed by atoms with Crippen LogP contribution in [0.2, 0.25) is 10.0 Å². The van der Waals surface area contributed by atoms with Crippen molar-refractivity contribution in [2.24, 2.45) is 0 Å². The van der Waals surface area contributed by atoms with Crippen molar-refractivity contribution in [3.05, 3.63) is 81.6 Å². The van der Waals surface area contributed by atoms with Gasteiger partial charge in [0.25, 0.3) is 0 Å². The Morgan fingerprint density at radius 1 is 0.941 bits per heavy atom. The van der Waals surface area contributed by atoms with Crippen molar-refractivity contribution < 1.29 is 49.7 Å². The van der Waals surface area contributed by atoms with Gasteiger partial charge in [-0.2, -0.15) is 0 Å². The highest BCUT2D eigenvalue weighted by atomic mass is 35.5. The summed E-state index contributed by atoms with van der Waals surface area (Å²) in [6.07, 6.45) is 1.69. The van der Waals surface area contributed by atoms with Crippen LogP contribution in [0.1, 0.15) is 61.6 Å². The number of carbonyl (C=O) groups excluding carboxylic acids is 1. The van der Waals surface area contributed by atoms with Crippen LogP contribution in [-0.2, 0) is 33.0 Å². The maximum absolute atomic E-state index is 12.8.